The Balaban J connectivity index is 2.70. The third kappa shape index (κ3) is 7.64. The van der Waals surface area contributed by atoms with Gasteiger partial charge in [0.05, 0.1) is 0 Å². The molecule has 2 rings (SSSR count). The lowest BCUT2D eigenvalue weighted by atomic mass is 9.74. The van der Waals surface area contributed by atoms with Gasteiger partial charge >= 0.3 is 0 Å². The van der Waals surface area contributed by atoms with E-state index in [2.05, 4.69) is 119 Å². The summed E-state index contributed by atoms with van der Waals surface area (Å²) in [4.78, 5) is 0. The standard InChI is InChI=1S/C36H58O/c1-13-21-33(5,6)27-17-19-31(29(25-27)35(9,10)23-15-3)37-32-20-18-28(34(7,8)22-14-2)26-30(32)36(11,12)24-16-4/h17-20,25-26H,13-16,21-24H2,1-12H3. The monoisotopic (exact) mass is 506 g/mol. The van der Waals surface area contributed by atoms with Gasteiger partial charge in [-0.25, -0.2) is 0 Å². The van der Waals surface area contributed by atoms with Crippen LogP contribution >= 0.6 is 0 Å². The van der Waals surface area contributed by atoms with Crippen molar-refractivity contribution in [1.82, 2.24) is 0 Å². The van der Waals surface area contributed by atoms with E-state index < -0.39 is 0 Å². The Morgan fingerprint density at radius 3 is 1.05 bits per heavy atom. The number of ether oxygens (including phenoxy) is 1. The minimum absolute atomic E-state index is 0.0462. The molecule has 0 N–H and O–H groups in total. The summed E-state index contributed by atoms with van der Waals surface area (Å²) in [6, 6.07) is 14.0. The second-order valence-corrected chi connectivity index (χ2v) is 14.1. The molecule has 0 aliphatic rings. The maximum Gasteiger partial charge on any atom is 0.131 e. The number of rotatable bonds is 14. The summed E-state index contributed by atoms with van der Waals surface area (Å²) in [5.41, 5.74) is 5.93. The van der Waals surface area contributed by atoms with Crippen molar-refractivity contribution in [2.75, 3.05) is 0 Å². The van der Waals surface area contributed by atoms with E-state index in [0.29, 0.717) is 0 Å². The van der Waals surface area contributed by atoms with E-state index in [-0.39, 0.29) is 21.7 Å². The summed E-state index contributed by atoms with van der Waals surface area (Å²) in [5, 5.41) is 0. The first-order valence-electron chi connectivity index (χ1n) is 15.1. The lowest BCUT2D eigenvalue weighted by Crippen LogP contribution is -2.23. The molecule has 0 aromatic heterocycles. The molecule has 0 atom stereocenters. The number of benzene rings is 2. The smallest absolute Gasteiger partial charge is 0.131 e. The largest absolute Gasteiger partial charge is 0.457 e. The van der Waals surface area contributed by atoms with Gasteiger partial charge in [0.15, 0.2) is 0 Å². The van der Waals surface area contributed by atoms with Crippen LogP contribution in [0.2, 0.25) is 0 Å². The second-order valence-electron chi connectivity index (χ2n) is 14.1. The van der Waals surface area contributed by atoms with Gasteiger partial charge < -0.3 is 4.74 Å². The van der Waals surface area contributed by atoms with E-state index in [1.165, 1.54) is 47.9 Å². The van der Waals surface area contributed by atoms with Crippen LogP contribution < -0.4 is 4.74 Å². The minimum Gasteiger partial charge on any atom is -0.457 e. The highest BCUT2D eigenvalue weighted by Gasteiger charge is 2.31. The molecule has 2 aromatic carbocycles. The lowest BCUT2D eigenvalue weighted by Gasteiger charge is -2.33. The van der Waals surface area contributed by atoms with Crippen molar-refractivity contribution in [1.29, 1.82) is 0 Å². The molecular weight excluding hydrogens is 448 g/mol. The molecule has 0 fully saturated rings. The van der Waals surface area contributed by atoms with Gasteiger partial charge in [-0.1, -0.05) is 133 Å². The van der Waals surface area contributed by atoms with Crippen molar-refractivity contribution in [3.8, 4) is 11.5 Å². The molecule has 37 heavy (non-hydrogen) atoms. The molecule has 0 spiro atoms. The van der Waals surface area contributed by atoms with Crippen molar-refractivity contribution in [3.63, 3.8) is 0 Å². The first-order valence-corrected chi connectivity index (χ1v) is 15.1. The zero-order chi connectivity index (χ0) is 28.1. The average molecular weight is 507 g/mol. The van der Waals surface area contributed by atoms with Gasteiger partial charge in [0.25, 0.3) is 0 Å². The van der Waals surface area contributed by atoms with E-state index in [4.69, 9.17) is 4.74 Å². The molecule has 0 saturated heterocycles. The first-order chi connectivity index (χ1) is 17.1. The third-order valence-corrected chi connectivity index (χ3v) is 8.70. The van der Waals surface area contributed by atoms with Gasteiger partial charge in [-0.05, 0) is 70.6 Å². The van der Waals surface area contributed by atoms with Crippen molar-refractivity contribution in [3.05, 3.63) is 58.7 Å². The van der Waals surface area contributed by atoms with Crippen LogP contribution in [0.25, 0.3) is 0 Å². The zero-order valence-corrected chi connectivity index (χ0v) is 26.5. The molecule has 0 aliphatic carbocycles. The van der Waals surface area contributed by atoms with Crippen LogP contribution in [0.4, 0.5) is 0 Å². The van der Waals surface area contributed by atoms with Gasteiger partial charge in [-0.2, -0.15) is 0 Å². The highest BCUT2D eigenvalue weighted by Crippen LogP contribution is 2.45. The lowest BCUT2D eigenvalue weighted by molar-refractivity contribution is 0.398. The predicted octanol–water partition coefficient (Wildman–Crippen LogP) is 11.8. The summed E-state index contributed by atoms with van der Waals surface area (Å²) >= 11 is 0. The van der Waals surface area contributed by atoms with Crippen LogP contribution in [-0.4, -0.2) is 0 Å². The van der Waals surface area contributed by atoms with E-state index in [1.54, 1.807) is 0 Å². The van der Waals surface area contributed by atoms with Crippen molar-refractivity contribution in [2.45, 2.75) is 156 Å². The fourth-order valence-electron chi connectivity index (χ4n) is 6.31. The molecule has 1 heteroatoms. The van der Waals surface area contributed by atoms with E-state index in [1.807, 2.05) is 0 Å². The maximum absolute atomic E-state index is 6.96. The van der Waals surface area contributed by atoms with Gasteiger partial charge in [0.1, 0.15) is 11.5 Å². The molecule has 2 aromatic rings. The summed E-state index contributed by atoms with van der Waals surface area (Å²) in [7, 11) is 0. The Morgan fingerprint density at radius 1 is 0.459 bits per heavy atom. The van der Waals surface area contributed by atoms with Crippen LogP contribution in [0.15, 0.2) is 36.4 Å². The first kappa shape index (κ1) is 31.5. The SMILES string of the molecule is CCCC(C)(C)c1ccc(Oc2ccc(C(C)(C)CCC)cc2C(C)(C)CCC)c(C(C)(C)CCC)c1. The third-order valence-electron chi connectivity index (χ3n) is 8.70. The van der Waals surface area contributed by atoms with Gasteiger partial charge in [-0.15, -0.1) is 0 Å². The van der Waals surface area contributed by atoms with Crippen molar-refractivity contribution >= 4 is 0 Å². The normalized spacial score (nSPS) is 13.2. The number of hydrogen-bond donors (Lipinski definition) is 0. The summed E-state index contributed by atoms with van der Waals surface area (Å²) < 4.78 is 6.96. The van der Waals surface area contributed by atoms with Crippen LogP contribution in [0.3, 0.4) is 0 Å². The molecule has 208 valence electrons. The molecule has 0 aliphatic heterocycles. The summed E-state index contributed by atoms with van der Waals surface area (Å²) in [5.74, 6) is 2.03. The Morgan fingerprint density at radius 2 is 0.757 bits per heavy atom. The average Bonchev–Trinajstić information content (AvgIpc) is 2.79. The maximum atomic E-state index is 6.96. The molecule has 1 nitrogen and oxygen atoms in total. The minimum atomic E-state index is 0.0462. The van der Waals surface area contributed by atoms with Crippen LogP contribution in [0.1, 0.15) is 157 Å². The van der Waals surface area contributed by atoms with Crippen LogP contribution in [0.5, 0.6) is 11.5 Å². The zero-order valence-electron chi connectivity index (χ0n) is 26.5. The highest BCUT2D eigenvalue weighted by atomic mass is 16.5. The van der Waals surface area contributed by atoms with Crippen LogP contribution in [-0.2, 0) is 21.7 Å². The van der Waals surface area contributed by atoms with E-state index in [0.717, 1.165) is 37.2 Å². The Kier molecular flexibility index (Phi) is 10.5. The van der Waals surface area contributed by atoms with Crippen molar-refractivity contribution in [2.24, 2.45) is 0 Å². The summed E-state index contributed by atoms with van der Waals surface area (Å²) in [6.45, 7) is 28.2. The molecule has 0 saturated carbocycles. The highest BCUT2D eigenvalue weighted by molar-refractivity contribution is 5.50. The molecule has 0 radical (unpaired) electrons. The molecule has 0 heterocycles. The fraction of sp³-hybridized carbons (Fsp3) is 0.667. The number of hydrogen-bond acceptors (Lipinski definition) is 1. The van der Waals surface area contributed by atoms with Crippen molar-refractivity contribution < 1.29 is 4.74 Å². The van der Waals surface area contributed by atoms with Gasteiger partial charge in [0, 0.05) is 11.1 Å². The summed E-state index contributed by atoms with van der Waals surface area (Å²) in [6.07, 6.45) is 9.34. The van der Waals surface area contributed by atoms with Gasteiger partial charge in [0.2, 0.25) is 0 Å². The van der Waals surface area contributed by atoms with Crippen LogP contribution in [0, 0.1) is 0 Å². The topological polar surface area (TPSA) is 9.23 Å². The Bertz CT molecular complexity index is 924. The Hall–Kier alpha value is -1.76. The predicted molar refractivity (Wildman–Crippen MR) is 165 cm³/mol. The molecular formula is C36H58O. The Labute approximate surface area is 230 Å². The molecule has 0 bridgehead atoms. The quantitative estimate of drug-likeness (QED) is 0.247. The van der Waals surface area contributed by atoms with E-state index >= 15 is 0 Å². The fourth-order valence-corrected chi connectivity index (χ4v) is 6.31. The van der Waals surface area contributed by atoms with E-state index in [9.17, 15) is 0 Å². The second kappa shape index (κ2) is 12.4. The van der Waals surface area contributed by atoms with Gasteiger partial charge in [-0.3, -0.25) is 0 Å². The molecule has 0 amide bonds. The molecule has 0 unspecified atom stereocenters.